The minimum absolute atomic E-state index is 0.137. The Morgan fingerprint density at radius 1 is 1.13 bits per heavy atom. The van der Waals surface area contributed by atoms with Gasteiger partial charge in [0.25, 0.3) is 0 Å². The van der Waals surface area contributed by atoms with E-state index in [-0.39, 0.29) is 11.5 Å². The minimum atomic E-state index is -0.542. The van der Waals surface area contributed by atoms with E-state index in [0.29, 0.717) is 17.6 Å². The molecule has 0 aliphatic heterocycles. The Morgan fingerprint density at radius 3 is 2.53 bits per heavy atom. The molecule has 0 fully saturated rings. The molecule has 1 aromatic carbocycles. The molecule has 0 bridgehead atoms. The molecule has 0 spiro atoms. The third kappa shape index (κ3) is 4.98. The molecule has 2 heterocycles. The average Bonchev–Trinajstić information content (AvgIpc) is 3.36. The number of hydrogen-bond donors (Lipinski definition) is 2. The largest absolute Gasteiger partial charge is 0.461 e. The van der Waals surface area contributed by atoms with Crippen LogP contribution in [0.3, 0.4) is 0 Å². The lowest BCUT2D eigenvalue weighted by molar-refractivity contribution is 0.0492. The van der Waals surface area contributed by atoms with E-state index in [1.807, 2.05) is 62.8 Å². The van der Waals surface area contributed by atoms with Crippen LogP contribution < -0.4 is 15.5 Å². The third-order valence-corrected chi connectivity index (χ3v) is 4.97. The van der Waals surface area contributed by atoms with Crippen molar-refractivity contribution in [1.29, 1.82) is 0 Å². The first kappa shape index (κ1) is 21.4. The Kier molecular flexibility index (Phi) is 7.08. The molecule has 0 unspecified atom stereocenters. The van der Waals surface area contributed by atoms with Crippen LogP contribution in [0.15, 0.2) is 47.8 Å². The summed E-state index contributed by atoms with van der Waals surface area (Å²) in [7, 11) is 3.65. The number of aromatic nitrogens is 2. The van der Waals surface area contributed by atoms with Gasteiger partial charge in [-0.2, -0.15) is 4.98 Å². The predicted octanol–water partition coefficient (Wildman–Crippen LogP) is 4.60. The van der Waals surface area contributed by atoms with E-state index in [2.05, 4.69) is 15.6 Å². The highest BCUT2D eigenvalue weighted by atomic mass is 32.1. The number of nitrogens with zero attached hydrogens (tertiary/aromatic N) is 3. The second-order valence-electron chi connectivity index (χ2n) is 6.72. The van der Waals surface area contributed by atoms with Crippen LogP contribution in [-0.4, -0.2) is 42.3 Å². The van der Waals surface area contributed by atoms with Gasteiger partial charge >= 0.3 is 12.0 Å². The van der Waals surface area contributed by atoms with Crippen LogP contribution in [0.25, 0.3) is 5.69 Å². The fourth-order valence-electron chi connectivity index (χ4n) is 2.78. The summed E-state index contributed by atoms with van der Waals surface area (Å²) in [4.78, 5) is 31.8. The molecule has 2 N–H and O–H groups in total. The smallest absolute Gasteiger partial charge is 0.359 e. The van der Waals surface area contributed by atoms with E-state index >= 15 is 0 Å². The highest BCUT2D eigenvalue weighted by Crippen LogP contribution is 2.28. The van der Waals surface area contributed by atoms with Gasteiger partial charge in [-0.15, -0.1) is 11.3 Å². The van der Waals surface area contributed by atoms with Gasteiger partial charge in [-0.05, 0) is 36.1 Å². The lowest BCUT2D eigenvalue weighted by atomic mass is 10.3. The normalized spacial score (nSPS) is 10.5. The molecule has 0 aliphatic carbocycles. The maximum Gasteiger partial charge on any atom is 0.359 e. The third-order valence-electron chi connectivity index (χ3n) is 4.19. The first-order chi connectivity index (χ1) is 14.5. The predicted molar refractivity (Wildman–Crippen MR) is 120 cm³/mol. The second kappa shape index (κ2) is 9.93. The molecule has 30 heavy (non-hydrogen) atoms. The SMILES string of the molecule is CCCCOC(=O)c1c(NC(=O)Nc2cccs2)nc(N(C)C)n1-c1ccccc1. The molecule has 3 aromatic rings. The number of amides is 2. The number of rotatable bonds is 8. The quantitative estimate of drug-likeness (QED) is 0.405. The standard InChI is InChI=1S/C21H25N5O3S/c1-4-5-13-29-19(27)17-18(23-20(28)22-16-12-9-14-30-16)24-21(25(2)3)26(17)15-10-7-6-8-11-15/h6-12,14H,4-5,13H2,1-3H3,(H2,22,23,28). The highest BCUT2D eigenvalue weighted by molar-refractivity contribution is 7.14. The summed E-state index contributed by atoms with van der Waals surface area (Å²) in [5.41, 5.74) is 0.908. The zero-order chi connectivity index (χ0) is 21.5. The number of unbranched alkanes of at least 4 members (excludes halogenated alkanes) is 1. The van der Waals surface area contributed by atoms with Gasteiger partial charge < -0.3 is 9.64 Å². The first-order valence-corrected chi connectivity index (χ1v) is 10.5. The maximum absolute atomic E-state index is 13.0. The number of hydrogen-bond acceptors (Lipinski definition) is 6. The Balaban J connectivity index is 2.01. The van der Waals surface area contributed by atoms with Gasteiger partial charge in [-0.1, -0.05) is 31.5 Å². The topological polar surface area (TPSA) is 88.5 Å². The highest BCUT2D eigenvalue weighted by Gasteiger charge is 2.27. The monoisotopic (exact) mass is 427 g/mol. The van der Waals surface area contributed by atoms with E-state index in [9.17, 15) is 9.59 Å². The molecule has 0 radical (unpaired) electrons. The molecule has 0 saturated carbocycles. The number of para-hydroxylation sites is 1. The van der Waals surface area contributed by atoms with Gasteiger partial charge in [0.2, 0.25) is 5.95 Å². The Labute approximate surface area is 179 Å². The molecular weight excluding hydrogens is 402 g/mol. The van der Waals surface area contributed by atoms with E-state index < -0.39 is 12.0 Å². The van der Waals surface area contributed by atoms with E-state index in [4.69, 9.17) is 4.74 Å². The number of carbonyl (C=O) groups excluding carboxylic acids is 2. The lowest BCUT2D eigenvalue weighted by Crippen LogP contribution is -2.22. The number of thiophene rings is 1. The summed E-state index contributed by atoms with van der Waals surface area (Å²) >= 11 is 1.40. The zero-order valence-electron chi connectivity index (χ0n) is 17.2. The number of esters is 1. The fraction of sp³-hybridized carbons (Fsp3) is 0.286. The fourth-order valence-corrected chi connectivity index (χ4v) is 3.40. The van der Waals surface area contributed by atoms with Crippen molar-refractivity contribution in [3.63, 3.8) is 0 Å². The number of urea groups is 1. The Morgan fingerprint density at radius 2 is 1.90 bits per heavy atom. The van der Waals surface area contributed by atoms with Gasteiger partial charge in [0.15, 0.2) is 11.5 Å². The van der Waals surface area contributed by atoms with Crippen LogP contribution in [0.4, 0.5) is 21.6 Å². The molecule has 0 saturated heterocycles. The number of anilines is 3. The van der Waals surface area contributed by atoms with Crippen LogP contribution in [-0.2, 0) is 4.74 Å². The number of ether oxygens (including phenoxy) is 1. The summed E-state index contributed by atoms with van der Waals surface area (Å²) in [6, 6.07) is 12.5. The van der Waals surface area contributed by atoms with Crippen molar-refractivity contribution >= 4 is 40.1 Å². The molecule has 9 heteroatoms. The first-order valence-electron chi connectivity index (χ1n) is 9.65. The van der Waals surface area contributed by atoms with Crippen LogP contribution in [0.1, 0.15) is 30.3 Å². The minimum Gasteiger partial charge on any atom is -0.461 e. The molecular formula is C21H25N5O3S. The van der Waals surface area contributed by atoms with Crippen molar-refractivity contribution < 1.29 is 14.3 Å². The molecule has 158 valence electrons. The summed E-state index contributed by atoms with van der Waals surface area (Å²) < 4.78 is 7.15. The van der Waals surface area contributed by atoms with E-state index in [1.165, 1.54) is 11.3 Å². The van der Waals surface area contributed by atoms with Crippen LogP contribution >= 0.6 is 11.3 Å². The van der Waals surface area contributed by atoms with E-state index in [0.717, 1.165) is 18.5 Å². The number of imidazole rings is 1. The van der Waals surface area contributed by atoms with Crippen LogP contribution in [0, 0.1) is 0 Å². The summed E-state index contributed by atoms with van der Waals surface area (Å²) in [5.74, 6) is 0.0903. The van der Waals surface area contributed by atoms with Gasteiger partial charge in [-0.3, -0.25) is 15.2 Å². The molecule has 2 amide bonds. The van der Waals surface area contributed by atoms with Crippen LogP contribution in [0.5, 0.6) is 0 Å². The lowest BCUT2D eigenvalue weighted by Gasteiger charge is -2.16. The molecule has 0 atom stereocenters. The van der Waals surface area contributed by atoms with Gasteiger partial charge in [0.1, 0.15) is 0 Å². The van der Waals surface area contributed by atoms with Crippen LogP contribution in [0.2, 0.25) is 0 Å². The van der Waals surface area contributed by atoms with Crippen molar-refractivity contribution in [2.24, 2.45) is 0 Å². The zero-order valence-corrected chi connectivity index (χ0v) is 18.0. The van der Waals surface area contributed by atoms with Gasteiger partial charge in [-0.25, -0.2) is 9.59 Å². The number of carbonyl (C=O) groups is 2. The van der Waals surface area contributed by atoms with Gasteiger partial charge in [0.05, 0.1) is 11.6 Å². The van der Waals surface area contributed by atoms with Crippen molar-refractivity contribution in [3.8, 4) is 5.69 Å². The van der Waals surface area contributed by atoms with Gasteiger partial charge in [0, 0.05) is 19.8 Å². The van der Waals surface area contributed by atoms with Crippen molar-refractivity contribution in [2.45, 2.75) is 19.8 Å². The second-order valence-corrected chi connectivity index (χ2v) is 7.67. The molecule has 0 aliphatic rings. The molecule has 2 aromatic heterocycles. The average molecular weight is 428 g/mol. The maximum atomic E-state index is 13.0. The molecule has 8 nitrogen and oxygen atoms in total. The van der Waals surface area contributed by atoms with Crippen molar-refractivity contribution in [3.05, 3.63) is 53.5 Å². The van der Waals surface area contributed by atoms with E-state index in [1.54, 1.807) is 15.5 Å². The Hall–Kier alpha value is -3.33. The summed E-state index contributed by atoms with van der Waals surface area (Å²) in [5, 5.41) is 7.99. The summed E-state index contributed by atoms with van der Waals surface area (Å²) in [6.45, 7) is 2.32. The van der Waals surface area contributed by atoms with Crippen molar-refractivity contribution in [2.75, 3.05) is 36.2 Å². The number of benzene rings is 1. The Bertz CT molecular complexity index is 984. The number of nitrogens with one attached hydrogen (secondary N) is 2. The van der Waals surface area contributed by atoms with Crippen molar-refractivity contribution in [1.82, 2.24) is 9.55 Å². The summed E-state index contributed by atoms with van der Waals surface area (Å²) in [6.07, 6.45) is 1.66. The molecule has 3 rings (SSSR count).